The number of para-hydroxylation sites is 4. The zero-order valence-corrected chi connectivity index (χ0v) is 78.0. The van der Waals surface area contributed by atoms with Crippen LogP contribution in [0.4, 0.5) is 73.9 Å². The molecular weight excluding hydrogens is 1660 g/mol. The molecule has 10 aromatic rings. The minimum absolute atomic E-state index is 0. The first-order valence-electron chi connectivity index (χ1n) is 40.1. The topological polar surface area (TPSA) is 224 Å². The fourth-order valence-corrected chi connectivity index (χ4v) is 15.7. The molecule has 0 spiro atoms. The number of carbonyl (C=O) groups excluding carboxylic acids is 1. The van der Waals surface area contributed by atoms with Gasteiger partial charge in [-0.05, 0) is 217 Å². The van der Waals surface area contributed by atoms with Crippen LogP contribution in [0.2, 0.25) is 0 Å². The molecule has 0 saturated carbocycles. The SMILES string of the molecule is CC(=O)[O-].CC1=[N+](CCCCCC[N+]2=C(C)C(C)(C)c3ccccc32)c2ccccc2C1(C)C.COc1ccc(Nc2ccc(NN/C=C3/N(CCCCCCN4/C(=C/NNc5ccc(Nc6ccc(OC)cc6)cc5)C(C)(C)c5ccccc54)c4ccccc4C3(C)C)cc2)cc1.COc1ccc(Nc2ccc([N+]#N)cc2)cc1.O.[Br-].[Br-].[Cl-].[Na+]. The van der Waals surface area contributed by atoms with Gasteiger partial charge in [-0.25, -0.2) is 0 Å². The number of ether oxygens (including phenoxy) is 3. The molecular formula is C97H117Br2ClN13NaO6. The number of allylic oxidation sites excluding steroid dienone is 2. The van der Waals surface area contributed by atoms with E-state index >= 15 is 0 Å². The van der Waals surface area contributed by atoms with E-state index in [0.29, 0.717) is 5.69 Å². The first-order chi connectivity index (χ1) is 55.4. The van der Waals surface area contributed by atoms with Crippen LogP contribution in [0.5, 0.6) is 17.2 Å². The quantitative estimate of drug-likeness (QED) is 0.00763. The van der Waals surface area contributed by atoms with Gasteiger partial charge in [0.2, 0.25) is 16.8 Å². The number of halogens is 3. The Kier molecular flexibility index (Phi) is 37.7. The van der Waals surface area contributed by atoms with Crippen LogP contribution >= 0.6 is 0 Å². The van der Waals surface area contributed by atoms with E-state index in [0.717, 1.165) is 122 Å². The van der Waals surface area contributed by atoms with Gasteiger partial charge < -0.3 is 123 Å². The maximum Gasteiger partial charge on any atom is 1.00 e. The number of diazo groups is 1. The minimum Gasteiger partial charge on any atom is -1.00 e. The van der Waals surface area contributed by atoms with Gasteiger partial charge in [0.15, 0.2) is 16.4 Å². The van der Waals surface area contributed by atoms with Crippen molar-refractivity contribution in [2.24, 2.45) is 0 Å². The molecule has 0 radical (unpaired) electrons. The molecule has 0 bridgehead atoms. The number of hydrogen-bond donors (Lipinski definition) is 7. The number of hydrazine groups is 2. The van der Waals surface area contributed by atoms with Crippen molar-refractivity contribution < 1.29 is 115 Å². The second kappa shape index (κ2) is 45.9. The predicted octanol–water partition coefficient (Wildman–Crippen LogP) is 9.17. The van der Waals surface area contributed by atoms with Crippen LogP contribution in [0.1, 0.15) is 150 Å². The van der Waals surface area contributed by atoms with Crippen LogP contribution in [0.15, 0.2) is 266 Å². The summed E-state index contributed by atoms with van der Waals surface area (Å²) in [7, 11) is 5.00. The van der Waals surface area contributed by atoms with Crippen molar-refractivity contribution >= 4 is 91.3 Å². The second-order valence-electron chi connectivity index (χ2n) is 31.6. The number of unbranched alkanes of at least 4 members (excludes halogenated alkanes) is 6. The third-order valence-electron chi connectivity index (χ3n) is 22.7. The van der Waals surface area contributed by atoms with Crippen LogP contribution < -0.4 is 143 Å². The second-order valence-corrected chi connectivity index (χ2v) is 31.6. The summed E-state index contributed by atoms with van der Waals surface area (Å²) in [5, 5.41) is 27.6. The van der Waals surface area contributed by atoms with E-state index < -0.39 is 5.97 Å². The summed E-state index contributed by atoms with van der Waals surface area (Å²) in [5.41, 5.74) is 38.7. The summed E-state index contributed by atoms with van der Waals surface area (Å²) in [6.45, 7) is 28.5. The van der Waals surface area contributed by atoms with Crippen molar-refractivity contribution in [2.75, 3.05) is 84.1 Å². The summed E-state index contributed by atoms with van der Waals surface area (Å²) < 4.78 is 20.8. The third kappa shape index (κ3) is 24.5. The summed E-state index contributed by atoms with van der Waals surface area (Å²) in [5.74, 6) is 1.42. The van der Waals surface area contributed by atoms with Gasteiger partial charge in [-0.2, -0.15) is 9.15 Å². The number of carbonyl (C=O) groups is 1. The Hall–Kier alpha value is -10.3. The largest absolute Gasteiger partial charge is 1.00 e. The van der Waals surface area contributed by atoms with Gasteiger partial charge in [0.05, 0.1) is 43.5 Å². The number of aliphatic carboxylic acids is 1. The molecule has 10 aromatic carbocycles. The molecule has 120 heavy (non-hydrogen) atoms. The van der Waals surface area contributed by atoms with Gasteiger partial charge in [-0.15, -0.1) is 0 Å². The Morgan fingerprint density at radius 1 is 0.408 bits per heavy atom. The fourth-order valence-electron chi connectivity index (χ4n) is 15.7. The number of carboxylic acid groups (broad SMARTS) is 1. The molecule has 628 valence electrons. The Labute approximate surface area is 760 Å². The smallest absolute Gasteiger partial charge is 1.00 e. The normalized spacial score (nSPS) is 14.6. The molecule has 0 saturated heterocycles. The van der Waals surface area contributed by atoms with Crippen molar-refractivity contribution in [3.8, 4) is 17.2 Å². The van der Waals surface area contributed by atoms with Crippen molar-refractivity contribution in [2.45, 2.75) is 149 Å². The Morgan fingerprint density at radius 2 is 0.675 bits per heavy atom. The maximum atomic E-state index is 8.89. The van der Waals surface area contributed by atoms with Crippen molar-refractivity contribution in [1.29, 1.82) is 5.39 Å². The van der Waals surface area contributed by atoms with Gasteiger partial charge in [0, 0.05) is 161 Å². The number of benzene rings is 10. The average Bonchev–Trinajstić information content (AvgIpc) is 1.62. The van der Waals surface area contributed by atoms with Crippen molar-refractivity contribution in [3.05, 3.63) is 294 Å². The van der Waals surface area contributed by atoms with E-state index in [1.54, 1.807) is 33.5 Å². The zero-order chi connectivity index (χ0) is 81.7. The van der Waals surface area contributed by atoms with Gasteiger partial charge >= 0.3 is 35.2 Å². The molecule has 0 fully saturated rings. The monoisotopic (exact) mass is 1780 g/mol. The van der Waals surface area contributed by atoms with Crippen LogP contribution in [0.25, 0.3) is 4.98 Å². The summed E-state index contributed by atoms with van der Waals surface area (Å²) in [6.07, 6.45) is 13.9. The van der Waals surface area contributed by atoms with E-state index in [1.165, 1.54) is 93.5 Å². The van der Waals surface area contributed by atoms with Crippen LogP contribution in [-0.4, -0.2) is 79.5 Å². The Bertz CT molecular complexity index is 4850. The molecule has 14 rings (SSSR count). The molecule has 0 aromatic heterocycles. The average molecular weight is 1780 g/mol. The van der Waals surface area contributed by atoms with Gasteiger partial charge in [-0.1, -0.05) is 113 Å². The molecule has 4 aliphatic heterocycles. The molecule has 0 aliphatic carbocycles. The van der Waals surface area contributed by atoms with E-state index in [1.807, 2.05) is 84.9 Å². The fraction of sp³-hybridized carbons (Fsp3) is 0.309. The molecule has 0 atom stereocenters. The number of hydrogen-bond acceptors (Lipinski definition) is 15. The number of nitrogens with one attached hydrogen (secondary N) is 7. The number of fused-ring (bicyclic) bond motifs is 4. The molecule has 9 N–H and O–H groups in total. The Balaban J connectivity index is 0.000000328. The number of rotatable bonds is 29. The van der Waals surface area contributed by atoms with Gasteiger partial charge in [0.1, 0.15) is 30.3 Å². The molecule has 4 aliphatic rings. The van der Waals surface area contributed by atoms with Gasteiger partial charge in [-0.3, -0.25) is 0 Å². The van der Waals surface area contributed by atoms with E-state index in [9.17, 15) is 0 Å². The third-order valence-corrected chi connectivity index (χ3v) is 22.7. The van der Waals surface area contributed by atoms with E-state index in [2.05, 4.69) is 289 Å². The predicted molar refractivity (Wildman–Crippen MR) is 477 cm³/mol. The summed E-state index contributed by atoms with van der Waals surface area (Å²) in [4.78, 5) is 17.0. The van der Waals surface area contributed by atoms with Crippen molar-refractivity contribution in [3.63, 3.8) is 0 Å². The maximum absolute atomic E-state index is 8.89. The van der Waals surface area contributed by atoms with Crippen LogP contribution in [0.3, 0.4) is 0 Å². The van der Waals surface area contributed by atoms with Gasteiger partial charge in [0.25, 0.3) is 0 Å². The number of methoxy groups -OCH3 is 3. The molecule has 0 unspecified atom stereocenters. The molecule has 4 heterocycles. The molecule has 0 amide bonds. The summed E-state index contributed by atoms with van der Waals surface area (Å²) in [6, 6.07) is 82.8. The van der Waals surface area contributed by atoms with E-state index in [-0.39, 0.29) is 103 Å². The van der Waals surface area contributed by atoms with Crippen LogP contribution in [0, 0.1) is 5.39 Å². The number of carboxylic acids is 1. The number of anilines is 10. The standard InChI is InChI=1S/C54H62N8O2.C28H38N2.C13H12N3O.C2H4O2.2BrH.ClH.Na.H2O/c1-53(2)47-15-9-11-17-49(47)61(51(53)37-55-59-43-23-19-39(20-24-43)57-41-27-31-45(63-5)32-28-41)35-13-7-8-14-36-62-50-18-12-10-16-48(50)54(3,4)52(62)38-56-60-44-25-21-40(22-26-44)58-42-29-33-46(64-6)34-30-42;1-21-27(3,4)23-15-9-11-17-25(23)29(21)19-13-7-8-14-20-30-22(2)28(5,6)24-16-10-12-18-26(24)30;1-17-13-8-6-11(7-9-13)15-10-2-4-12(16-14)5-3-10;1-2(3)4;;;;;/h9-12,15-34,37-38,55-60H,7-8,13-14,35-36H2,1-6H3;9-12,15-18H,7-8,13-14,19-20H2,1-6H3;2-9,15H,1H3;1H3,(H,3,4);3*1H;;1H2/q;+2;+1;;;;;+1;/p-4/b51-37+,52-38+;;;;;;;;. The molecule has 19 nitrogen and oxygen atoms in total. The first-order valence-corrected chi connectivity index (χ1v) is 40.1. The number of nitrogens with zero attached hydrogens (tertiary/aromatic N) is 6. The Morgan fingerprint density at radius 3 is 0.983 bits per heavy atom. The van der Waals surface area contributed by atoms with Crippen LogP contribution in [-0.2, 0) is 26.5 Å². The first kappa shape index (κ1) is 98.5. The summed E-state index contributed by atoms with van der Waals surface area (Å²) >= 11 is 0. The zero-order valence-electron chi connectivity index (χ0n) is 72.1. The van der Waals surface area contributed by atoms with E-state index in [4.69, 9.17) is 29.5 Å². The minimum atomic E-state index is -1.08. The molecule has 23 heteroatoms. The van der Waals surface area contributed by atoms with Crippen molar-refractivity contribution in [1.82, 2.24) is 10.9 Å².